The van der Waals surface area contributed by atoms with E-state index >= 15 is 0 Å². The Hall–Kier alpha value is -2.28. The van der Waals surface area contributed by atoms with E-state index in [2.05, 4.69) is 17.2 Å². The van der Waals surface area contributed by atoms with Crippen molar-refractivity contribution in [3.8, 4) is 0 Å². The van der Waals surface area contributed by atoms with Gasteiger partial charge >= 0.3 is 0 Å². The molecule has 1 aromatic rings. The number of nitrogens with two attached hydrogens (primary N) is 1. The van der Waals surface area contributed by atoms with Gasteiger partial charge in [0.2, 0.25) is 0 Å². The molecule has 1 saturated heterocycles. The van der Waals surface area contributed by atoms with Gasteiger partial charge in [-0.3, -0.25) is 9.36 Å². The molecule has 0 spiro atoms. The molecule has 0 aliphatic carbocycles. The van der Waals surface area contributed by atoms with Gasteiger partial charge in [-0.25, -0.2) is 0 Å². The maximum absolute atomic E-state index is 12.0. The summed E-state index contributed by atoms with van der Waals surface area (Å²) in [5, 5.41) is 13.9. The van der Waals surface area contributed by atoms with Gasteiger partial charge in [0, 0.05) is 43.8 Å². The van der Waals surface area contributed by atoms with E-state index in [1.165, 1.54) is 10.6 Å². The summed E-state index contributed by atoms with van der Waals surface area (Å²) < 4.78 is 6.86. The summed E-state index contributed by atoms with van der Waals surface area (Å²) in [6.45, 7) is 7.77. The van der Waals surface area contributed by atoms with Crippen LogP contribution in [0, 0.1) is 5.41 Å². The second-order valence-corrected chi connectivity index (χ2v) is 5.22. The van der Waals surface area contributed by atoms with E-state index in [1.807, 2.05) is 6.92 Å². The molecule has 5 N–H and O–H groups in total. The lowest BCUT2D eigenvalue weighted by atomic mass is 10.1. The summed E-state index contributed by atoms with van der Waals surface area (Å²) in [5.74, 6) is 1.08. The standard InChI is InChI=1S/C15H23N5O2/c1-3-20-14(21)8-13(17)12(9-16)15(20)19-10(2)18-11-4-6-22-7-5-11/h8-9,11,16,18-19H,2-7,17H2,1H3. The molecule has 120 valence electrons. The van der Waals surface area contributed by atoms with Gasteiger partial charge in [-0.1, -0.05) is 6.58 Å². The van der Waals surface area contributed by atoms with Crippen molar-refractivity contribution in [2.75, 3.05) is 24.3 Å². The average Bonchev–Trinajstić information content (AvgIpc) is 2.48. The fraction of sp³-hybridized carbons (Fsp3) is 0.467. The number of anilines is 2. The first-order chi connectivity index (χ1) is 10.6. The first-order valence-corrected chi connectivity index (χ1v) is 7.40. The van der Waals surface area contributed by atoms with Crippen molar-refractivity contribution in [2.24, 2.45) is 0 Å². The Morgan fingerprint density at radius 2 is 2.27 bits per heavy atom. The molecule has 2 rings (SSSR count). The zero-order valence-electron chi connectivity index (χ0n) is 12.8. The third-order valence-electron chi connectivity index (χ3n) is 3.71. The summed E-state index contributed by atoms with van der Waals surface area (Å²) in [6.07, 6.45) is 2.97. The molecule has 1 aromatic heterocycles. The van der Waals surface area contributed by atoms with Crippen molar-refractivity contribution in [2.45, 2.75) is 32.4 Å². The van der Waals surface area contributed by atoms with Gasteiger partial charge in [0.1, 0.15) is 5.82 Å². The highest BCUT2D eigenvalue weighted by Crippen LogP contribution is 2.19. The lowest BCUT2D eigenvalue weighted by molar-refractivity contribution is 0.0805. The van der Waals surface area contributed by atoms with Crippen LogP contribution in [-0.2, 0) is 11.3 Å². The van der Waals surface area contributed by atoms with Crippen LogP contribution in [0.25, 0.3) is 0 Å². The van der Waals surface area contributed by atoms with Crippen LogP contribution < -0.4 is 21.9 Å². The Kier molecular flexibility index (Phi) is 5.21. The number of nitrogens with one attached hydrogen (secondary N) is 3. The number of aromatic nitrogens is 1. The Balaban J connectivity index is 2.21. The largest absolute Gasteiger partial charge is 0.398 e. The van der Waals surface area contributed by atoms with Gasteiger partial charge in [0.25, 0.3) is 5.56 Å². The molecular formula is C15H23N5O2. The Morgan fingerprint density at radius 1 is 1.59 bits per heavy atom. The zero-order chi connectivity index (χ0) is 16.1. The molecule has 0 amide bonds. The smallest absolute Gasteiger partial charge is 0.254 e. The third kappa shape index (κ3) is 3.48. The topological polar surface area (TPSA) is 105 Å². The fourth-order valence-electron chi connectivity index (χ4n) is 2.55. The number of nitrogen functional groups attached to an aromatic ring is 1. The number of hydrogen-bond donors (Lipinski definition) is 4. The molecular weight excluding hydrogens is 282 g/mol. The molecule has 1 aliphatic heterocycles. The minimum atomic E-state index is -0.202. The highest BCUT2D eigenvalue weighted by molar-refractivity contribution is 5.91. The van der Waals surface area contributed by atoms with Crippen molar-refractivity contribution in [1.82, 2.24) is 9.88 Å². The first kappa shape index (κ1) is 16.1. The molecule has 0 unspecified atom stereocenters. The van der Waals surface area contributed by atoms with Gasteiger partial charge in [-0.05, 0) is 19.8 Å². The number of hydrogen-bond acceptors (Lipinski definition) is 6. The Bertz CT molecular complexity index is 617. The minimum absolute atomic E-state index is 0.202. The van der Waals surface area contributed by atoms with Crippen LogP contribution in [0.4, 0.5) is 11.5 Å². The summed E-state index contributed by atoms with van der Waals surface area (Å²) in [5.41, 5.74) is 6.41. The molecule has 0 aromatic carbocycles. The van der Waals surface area contributed by atoms with Crippen LogP contribution in [0.2, 0.25) is 0 Å². The normalized spacial score (nSPS) is 15.3. The maximum atomic E-state index is 12.0. The second kappa shape index (κ2) is 7.13. The molecule has 0 bridgehead atoms. The second-order valence-electron chi connectivity index (χ2n) is 5.22. The quantitative estimate of drug-likeness (QED) is 0.589. The molecule has 0 saturated carbocycles. The Morgan fingerprint density at radius 3 is 2.86 bits per heavy atom. The first-order valence-electron chi connectivity index (χ1n) is 7.40. The van der Waals surface area contributed by atoms with Gasteiger partial charge in [-0.2, -0.15) is 0 Å². The molecule has 0 radical (unpaired) electrons. The predicted molar refractivity (Wildman–Crippen MR) is 88.4 cm³/mol. The lowest BCUT2D eigenvalue weighted by Gasteiger charge is -2.26. The van der Waals surface area contributed by atoms with E-state index in [-0.39, 0.29) is 11.2 Å². The predicted octanol–water partition coefficient (Wildman–Crippen LogP) is 1.10. The van der Waals surface area contributed by atoms with Crippen LogP contribution in [0.1, 0.15) is 25.3 Å². The highest BCUT2D eigenvalue weighted by Gasteiger charge is 2.16. The number of nitrogens with zero attached hydrogens (tertiary/aromatic N) is 1. The van der Waals surface area contributed by atoms with Crippen LogP contribution in [-0.4, -0.2) is 30.0 Å². The molecule has 7 nitrogen and oxygen atoms in total. The van der Waals surface area contributed by atoms with Crippen LogP contribution in [0.15, 0.2) is 23.3 Å². The van der Waals surface area contributed by atoms with E-state index in [1.54, 1.807) is 0 Å². The average molecular weight is 305 g/mol. The molecule has 2 heterocycles. The molecule has 1 fully saturated rings. The van der Waals surface area contributed by atoms with Gasteiger partial charge in [-0.15, -0.1) is 0 Å². The van der Waals surface area contributed by atoms with Crippen LogP contribution >= 0.6 is 0 Å². The van der Waals surface area contributed by atoms with Crippen molar-refractivity contribution in [1.29, 1.82) is 5.41 Å². The summed E-state index contributed by atoms with van der Waals surface area (Å²) in [6, 6.07) is 1.63. The summed E-state index contributed by atoms with van der Waals surface area (Å²) in [7, 11) is 0. The SMILES string of the molecule is C=C(Nc1c(C=N)c(N)cc(=O)n1CC)NC1CCOCC1. The Labute approximate surface area is 129 Å². The highest BCUT2D eigenvalue weighted by atomic mass is 16.5. The molecule has 0 atom stereocenters. The molecule has 22 heavy (non-hydrogen) atoms. The van der Waals surface area contributed by atoms with Crippen molar-refractivity contribution in [3.63, 3.8) is 0 Å². The summed E-state index contributed by atoms with van der Waals surface area (Å²) >= 11 is 0. The number of rotatable bonds is 6. The van der Waals surface area contributed by atoms with E-state index in [9.17, 15) is 4.79 Å². The van der Waals surface area contributed by atoms with Crippen molar-refractivity contribution in [3.05, 3.63) is 34.4 Å². The maximum Gasteiger partial charge on any atom is 0.254 e. The summed E-state index contributed by atoms with van der Waals surface area (Å²) in [4.78, 5) is 12.0. The minimum Gasteiger partial charge on any atom is -0.398 e. The van der Waals surface area contributed by atoms with E-state index < -0.39 is 0 Å². The number of ether oxygens (including phenoxy) is 1. The molecule has 1 aliphatic rings. The third-order valence-corrected chi connectivity index (χ3v) is 3.71. The number of pyridine rings is 1. The van der Waals surface area contributed by atoms with E-state index in [4.69, 9.17) is 15.9 Å². The van der Waals surface area contributed by atoms with Crippen LogP contribution in [0.5, 0.6) is 0 Å². The lowest BCUT2D eigenvalue weighted by Crippen LogP contribution is -2.37. The fourth-order valence-corrected chi connectivity index (χ4v) is 2.55. The monoisotopic (exact) mass is 305 g/mol. The van der Waals surface area contributed by atoms with Crippen molar-refractivity contribution >= 4 is 17.7 Å². The zero-order valence-corrected chi connectivity index (χ0v) is 12.8. The van der Waals surface area contributed by atoms with E-state index in [0.717, 1.165) is 32.3 Å². The van der Waals surface area contributed by atoms with Crippen molar-refractivity contribution < 1.29 is 4.74 Å². The van der Waals surface area contributed by atoms with Gasteiger partial charge in [0.15, 0.2) is 0 Å². The van der Waals surface area contributed by atoms with Gasteiger partial charge < -0.3 is 26.5 Å². The van der Waals surface area contributed by atoms with Gasteiger partial charge in [0.05, 0.1) is 11.4 Å². The molecule has 7 heteroatoms. The van der Waals surface area contributed by atoms with E-state index in [0.29, 0.717) is 29.8 Å². The van der Waals surface area contributed by atoms with Crippen LogP contribution in [0.3, 0.4) is 0 Å².